The van der Waals surface area contributed by atoms with Crippen LogP contribution in [0, 0.1) is 11.2 Å². The lowest BCUT2D eigenvalue weighted by Crippen LogP contribution is -2.45. The molecular weight excluding hydrogens is 267 g/mol. The summed E-state index contributed by atoms with van der Waals surface area (Å²) >= 11 is 0. The standard InChI is InChI=1S/C17H25FN2O/c1-2-20(16-6-4-3-5-15(16)18)12-17(9-10-21-13-17)11-19-14-7-8-14/h3-6,14,19H,2,7-13H2,1H3. The van der Waals surface area contributed by atoms with E-state index in [0.29, 0.717) is 11.7 Å². The molecule has 1 heterocycles. The van der Waals surface area contributed by atoms with Crippen LogP contribution in [-0.2, 0) is 4.74 Å². The number of halogens is 1. The van der Waals surface area contributed by atoms with Gasteiger partial charge in [-0.15, -0.1) is 0 Å². The predicted molar refractivity (Wildman–Crippen MR) is 83.2 cm³/mol. The van der Waals surface area contributed by atoms with Gasteiger partial charge < -0.3 is 15.0 Å². The molecule has 1 atom stereocenters. The number of rotatable bonds is 7. The van der Waals surface area contributed by atoms with Gasteiger partial charge in [0.25, 0.3) is 0 Å². The molecule has 0 radical (unpaired) electrons. The topological polar surface area (TPSA) is 24.5 Å². The Kier molecular flexibility index (Phi) is 4.45. The van der Waals surface area contributed by atoms with Crippen molar-refractivity contribution in [3.63, 3.8) is 0 Å². The third-order valence-electron chi connectivity index (χ3n) is 4.63. The highest BCUT2D eigenvalue weighted by Crippen LogP contribution is 2.33. The summed E-state index contributed by atoms with van der Waals surface area (Å²) in [6.07, 6.45) is 3.64. The molecule has 1 aliphatic carbocycles. The lowest BCUT2D eigenvalue weighted by Gasteiger charge is -2.35. The third kappa shape index (κ3) is 3.55. The predicted octanol–water partition coefficient (Wildman–Crippen LogP) is 2.81. The molecule has 116 valence electrons. The van der Waals surface area contributed by atoms with Gasteiger partial charge in [0.1, 0.15) is 5.82 Å². The Morgan fingerprint density at radius 2 is 2.19 bits per heavy atom. The van der Waals surface area contributed by atoms with Crippen molar-refractivity contribution in [3.8, 4) is 0 Å². The maximum absolute atomic E-state index is 14.1. The first-order chi connectivity index (χ1) is 10.2. The Balaban J connectivity index is 1.71. The van der Waals surface area contributed by atoms with Crippen LogP contribution in [0.15, 0.2) is 24.3 Å². The molecule has 1 aromatic carbocycles. The zero-order chi connectivity index (χ0) is 14.7. The Hall–Kier alpha value is -1.13. The molecule has 3 rings (SSSR count). The molecule has 1 saturated heterocycles. The Bertz CT molecular complexity index is 470. The van der Waals surface area contributed by atoms with Crippen molar-refractivity contribution < 1.29 is 9.13 Å². The molecule has 0 amide bonds. The molecule has 2 aliphatic rings. The van der Waals surface area contributed by atoms with Gasteiger partial charge in [-0.1, -0.05) is 12.1 Å². The summed E-state index contributed by atoms with van der Waals surface area (Å²) in [5.41, 5.74) is 0.818. The largest absolute Gasteiger partial charge is 0.381 e. The van der Waals surface area contributed by atoms with Crippen molar-refractivity contribution in [1.29, 1.82) is 0 Å². The molecule has 1 aromatic rings. The van der Waals surface area contributed by atoms with Gasteiger partial charge in [-0.3, -0.25) is 0 Å². The first-order valence-corrected chi connectivity index (χ1v) is 8.03. The fraction of sp³-hybridized carbons (Fsp3) is 0.647. The fourth-order valence-electron chi connectivity index (χ4n) is 3.10. The lowest BCUT2D eigenvalue weighted by molar-refractivity contribution is 0.151. The van der Waals surface area contributed by atoms with Crippen LogP contribution in [0.25, 0.3) is 0 Å². The highest BCUT2D eigenvalue weighted by molar-refractivity contribution is 5.47. The minimum atomic E-state index is -0.136. The van der Waals surface area contributed by atoms with Crippen LogP contribution in [0.2, 0.25) is 0 Å². The second-order valence-electron chi connectivity index (χ2n) is 6.42. The van der Waals surface area contributed by atoms with Crippen molar-refractivity contribution in [2.75, 3.05) is 37.7 Å². The van der Waals surface area contributed by atoms with E-state index < -0.39 is 0 Å². The Morgan fingerprint density at radius 3 is 2.81 bits per heavy atom. The maximum atomic E-state index is 14.1. The van der Waals surface area contributed by atoms with Crippen LogP contribution in [-0.4, -0.2) is 38.9 Å². The first kappa shape index (κ1) is 14.8. The van der Waals surface area contributed by atoms with Gasteiger partial charge in [-0.25, -0.2) is 4.39 Å². The zero-order valence-electron chi connectivity index (χ0n) is 12.8. The minimum absolute atomic E-state index is 0.112. The van der Waals surface area contributed by atoms with E-state index in [-0.39, 0.29) is 11.2 Å². The van der Waals surface area contributed by atoms with E-state index in [1.165, 1.54) is 18.9 Å². The quantitative estimate of drug-likeness (QED) is 0.836. The molecule has 0 aromatic heterocycles. The average Bonchev–Trinajstić information content (AvgIpc) is 3.23. The highest BCUT2D eigenvalue weighted by Gasteiger charge is 2.38. The zero-order valence-corrected chi connectivity index (χ0v) is 12.8. The number of nitrogens with zero attached hydrogens (tertiary/aromatic N) is 1. The van der Waals surface area contributed by atoms with Crippen LogP contribution in [0.1, 0.15) is 26.2 Å². The third-order valence-corrected chi connectivity index (χ3v) is 4.63. The summed E-state index contributed by atoms with van der Waals surface area (Å²) in [6, 6.07) is 7.76. The van der Waals surface area contributed by atoms with Crippen LogP contribution < -0.4 is 10.2 Å². The van der Waals surface area contributed by atoms with Crippen LogP contribution in [0.4, 0.5) is 10.1 Å². The maximum Gasteiger partial charge on any atom is 0.146 e. The summed E-state index contributed by atoms with van der Waals surface area (Å²) in [5.74, 6) is -0.136. The normalized spacial score (nSPS) is 25.2. The van der Waals surface area contributed by atoms with Gasteiger partial charge in [0, 0.05) is 37.7 Å². The van der Waals surface area contributed by atoms with Crippen LogP contribution in [0.3, 0.4) is 0 Å². The number of hydrogen-bond acceptors (Lipinski definition) is 3. The SMILES string of the molecule is CCN(CC1(CNC2CC2)CCOC1)c1ccccc1F. The van der Waals surface area contributed by atoms with E-state index in [4.69, 9.17) is 4.74 Å². The Labute approximate surface area is 126 Å². The van der Waals surface area contributed by atoms with Crippen molar-refractivity contribution >= 4 is 5.69 Å². The van der Waals surface area contributed by atoms with Crippen LogP contribution >= 0.6 is 0 Å². The molecular formula is C17H25FN2O. The average molecular weight is 292 g/mol. The van der Waals surface area contributed by atoms with Gasteiger partial charge >= 0.3 is 0 Å². The summed E-state index contributed by atoms with van der Waals surface area (Å²) in [7, 11) is 0. The van der Waals surface area contributed by atoms with E-state index in [1.807, 2.05) is 12.1 Å². The lowest BCUT2D eigenvalue weighted by atomic mass is 9.86. The Morgan fingerprint density at radius 1 is 1.38 bits per heavy atom. The van der Waals surface area contributed by atoms with Gasteiger partial charge in [0.2, 0.25) is 0 Å². The second-order valence-corrected chi connectivity index (χ2v) is 6.42. The van der Waals surface area contributed by atoms with Crippen LogP contribution in [0.5, 0.6) is 0 Å². The number of hydrogen-bond donors (Lipinski definition) is 1. The second kappa shape index (κ2) is 6.32. The molecule has 1 saturated carbocycles. The van der Waals surface area contributed by atoms with E-state index >= 15 is 0 Å². The number of nitrogens with one attached hydrogen (secondary N) is 1. The molecule has 21 heavy (non-hydrogen) atoms. The summed E-state index contributed by atoms with van der Waals surface area (Å²) < 4.78 is 19.7. The number of ether oxygens (including phenoxy) is 1. The summed E-state index contributed by atoms with van der Waals surface area (Å²) in [5, 5.41) is 3.63. The molecule has 1 aliphatic heterocycles. The van der Waals surface area contributed by atoms with Gasteiger partial charge in [0.15, 0.2) is 0 Å². The molecule has 1 N–H and O–H groups in total. The fourth-order valence-corrected chi connectivity index (χ4v) is 3.10. The number of para-hydroxylation sites is 1. The van der Waals surface area contributed by atoms with Gasteiger partial charge in [-0.05, 0) is 38.3 Å². The molecule has 0 spiro atoms. The molecule has 4 heteroatoms. The smallest absolute Gasteiger partial charge is 0.146 e. The van der Waals surface area contributed by atoms with E-state index in [9.17, 15) is 4.39 Å². The van der Waals surface area contributed by atoms with Crippen molar-refractivity contribution in [1.82, 2.24) is 5.32 Å². The van der Waals surface area contributed by atoms with E-state index in [1.54, 1.807) is 6.07 Å². The monoisotopic (exact) mass is 292 g/mol. The van der Waals surface area contributed by atoms with Crippen molar-refractivity contribution in [2.45, 2.75) is 32.2 Å². The van der Waals surface area contributed by atoms with Gasteiger partial charge in [0.05, 0.1) is 12.3 Å². The van der Waals surface area contributed by atoms with E-state index in [0.717, 1.165) is 39.3 Å². The molecule has 2 fully saturated rings. The molecule has 3 nitrogen and oxygen atoms in total. The molecule has 1 unspecified atom stereocenters. The molecule has 0 bridgehead atoms. The highest BCUT2D eigenvalue weighted by atomic mass is 19.1. The minimum Gasteiger partial charge on any atom is -0.381 e. The number of anilines is 1. The van der Waals surface area contributed by atoms with Gasteiger partial charge in [-0.2, -0.15) is 0 Å². The van der Waals surface area contributed by atoms with E-state index in [2.05, 4.69) is 17.1 Å². The summed E-state index contributed by atoms with van der Waals surface area (Å²) in [6.45, 7) is 6.32. The summed E-state index contributed by atoms with van der Waals surface area (Å²) in [4.78, 5) is 2.15. The first-order valence-electron chi connectivity index (χ1n) is 8.03. The van der Waals surface area contributed by atoms with Crippen molar-refractivity contribution in [2.24, 2.45) is 5.41 Å². The van der Waals surface area contributed by atoms with Crippen molar-refractivity contribution in [3.05, 3.63) is 30.1 Å². The number of benzene rings is 1.